The molecule has 1 rings (SSSR count). The highest BCUT2D eigenvalue weighted by Crippen LogP contribution is 2.33. The van der Waals surface area contributed by atoms with E-state index in [9.17, 15) is 5.26 Å². The number of methoxy groups -OCH3 is 1. The fourth-order valence-electron chi connectivity index (χ4n) is 2.14. The van der Waals surface area contributed by atoms with Gasteiger partial charge in [-0.25, -0.2) is 0 Å². The van der Waals surface area contributed by atoms with Gasteiger partial charge in [-0.15, -0.1) is 0 Å². The van der Waals surface area contributed by atoms with Crippen LogP contribution in [0, 0.1) is 24.2 Å². The molecule has 0 aliphatic rings. The van der Waals surface area contributed by atoms with Crippen molar-refractivity contribution in [1.29, 1.82) is 5.26 Å². The Kier molecular flexibility index (Phi) is 5.46. The molecular weight excluding hydrogens is 248 g/mol. The van der Waals surface area contributed by atoms with Crippen LogP contribution in [0.5, 0.6) is 5.75 Å². The zero-order valence-corrected chi connectivity index (χ0v) is 12.0. The highest BCUT2D eigenvalue weighted by molar-refractivity contribution is 6.32. The fourth-order valence-corrected chi connectivity index (χ4v) is 2.39. The third kappa shape index (κ3) is 2.95. The Bertz CT molecular complexity index is 454. The number of hydrogen-bond acceptors (Lipinski definition) is 3. The first-order valence-electron chi connectivity index (χ1n) is 5.99. The summed E-state index contributed by atoms with van der Waals surface area (Å²) in [6, 6.07) is 6.12. The maximum absolute atomic E-state index is 9.20. The van der Waals surface area contributed by atoms with Crippen molar-refractivity contribution in [3.8, 4) is 11.8 Å². The predicted molar refractivity (Wildman–Crippen MR) is 73.9 cm³/mol. The number of rotatable bonds is 5. The maximum Gasteiger partial charge on any atom is 0.137 e. The zero-order valence-electron chi connectivity index (χ0n) is 11.2. The van der Waals surface area contributed by atoms with Crippen LogP contribution in [-0.4, -0.2) is 14.2 Å². The van der Waals surface area contributed by atoms with E-state index in [2.05, 4.69) is 11.4 Å². The number of benzene rings is 1. The summed E-state index contributed by atoms with van der Waals surface area (Å²) in [6.07, 6.45) is 0.797. The van der Waals surface area contributed by atoms with Crippen molar-refractivity contribution in [2.45, 2.75) is 26.3 Å². The quantitative estimate of drug-likeness (QED) is 0.888. The van der Waals surface area contributed by atoms with Crippen LogP contribution in [0.2, 0.25) is 5.02 Å². The second kappa shape index (κ2) is 6.63. The van der Waals surface area contributed by atoms with E-state index in [1.165, 1.54) is 0 Å². The Hall–Kier alpha value is -1.24. The van der Waals surface area contributed by atoms with Gasteiger partial charge in [-0.1, -0.05) is 18.5 Å². The van der Waals surface area contributed by atoms with Crippen molar-refractivity contribution < 1.29 is 4.74 Å². The lowest BCUT2D eigenvalue weighted by molar-refractivity contribution is 0.412. The van der Waals surface area contributed by atoms with Crippen molar-refractivity contribution in [1.82, 2.24) is 5.32 Å². The summed E-state index contributed by atoms with van der Waals surface area (Å²) < 4.78 is 5.19. The van der Waals surface area contributed by atoms with E-state index in [0.717, 1.165) is 17.5 Å². The number of nitriles is 1. The van der Waals surface area contributed by atoms with Gasteiger partial charge in [0.15, 0.2) is 0 Å². The van der Waals surface area contributed by atoms with E-state index < -0.39 is 0 Å². The minimum atomic E-state index is -0.0711. The minimum Gasteiger partial charge on any atom is -0.495 e. The third-order valence-electron chi connectivity index (χ3n) is 3.19. The lowest BCUT2D eigenvalue weighted by Crippen LogP contribution is -2.24. The van der Waals surface area contributed by atoms with E-state index in [-0.39, 0.29) is 12.0 Å². The largest absolute Gasteiger partial charge is 0.495 e. The van der Waals surface area contributed by atoms with Crippen LogP contribution in [0.4, 0.5) is 0 Å². The zero-order chi connectivity index (χ0) is 13.7. The fraction of sp³-hybridized carbons (Fsp3) is 0.500. The summed E-state index contributed by atoms with van der Waals surface area (Å²) in [5.41, 5.74) is 2.13. The SMILES string of the molecule is CCC(C#N)C(NC)c1cc(Cl)c(OC)cc1C. The van der Waals surface area contributed by atoms with Crippen molar-refractivity contribution in [2.75, 3.05) is 14.2 Å². The van der Waals surface area contributed by atoms with Gasteiger partial charge in [0.2, 0.25) is 0 Å². The molecule has 0 fully saturated rings. The van der Waals surface area contributed by atoms with E-state index >= 15 is 0 Å². The predicted octanol–water partition coefficient (Wildman–Crippen LogP) is 3.47. The summed E-state index contributed by atoms with van der Waals surface area (Å²) in [4.78, 5) is 0. The van der Waals surface area contributed by atoms with Crippen LogP contribution in [0.15, 0.2) is 12.1 Å². The molecule has 0 aromatic heterocycles. The Morgan fingerprint density at radius 3 is 2.61 bits per heavy atom. The second-order valence-electron chi connectivity index (χ2n) is 4.25. The van der Waals surface area contributed by atoms with Crippen molar-refractivity contribution in [3.05, 3.63) is 28.3 Å². The van der Waals surface area contributed by atoms with Crippen LogP contribution >= 0.6 is 11.6 Å². The molecule has 0 saturated heterocycles. The Morgan fingerprint density at radius 1 is 1.50 bits per heavy atom. The van der Waals surface area contributed by atoms with Crippen molar-refractivity contribution in [3.63, 3.8) is 0 Å². The Morgan fingerprint density at radius 2 is 2.17 bits per heavy atom. The van der Waals surface area contributed by atoms with Crippen LogP contribution in [-0.2, 0) is 0 Å². The van der Waals surface area contributed by atoms with E-state index in [1.807, 2.05) is 33.0 Å². The van der Waals surface area contributed by atoms with Gasteiger partial charge in [0.25, 0.3) is 0 Å². The molecule has 1 N–H and O–H groups in total. The molecule has 0 saturated carbocycles. The summed E-state index contributed by atoms with van der Waals surface area (Å²) >= 11 is 6.16. The molecule has 2 atom stereocenters. The van der Waals surface area contributed by atoms with Crippen LogP contribution in [0.25, 0.3) is 0 Å². The number of ether oxygens (including phenoxy) is 1. The first kappa shape index (κ1) is 14.8. The smallest absolute Gasteiger partial charge is 0.137 e. The molecule has 0 bridgehead atoms. The van der Waals surface area contributed by atoms with Crippen LogP contribution in [0.3, 0.4) is 0 Å². The molecule has 3 nitrogen and oxygen atoms in total. The number of halogens is 1. The standard InChI is InChI=1S/C14H19ClN2O/c1-5-10(8-16)14(17-3)11-7-12(15)13(18-4)6-9(11)2/h6-7,10,14,17H,5H2,1-4H3. The van der Waals surface area contributed by atoms with Gasteiger partial charge in [0, 0.05) is 6.04 Å². The Balaban J connectivity index is 3.22. The molecular formula is C14H19ClN2O. The molecule has 0 aliphatic heterocycles. The summed E-state index contributed by atoms with van der Waals surface area (Å²) in [7, 11) is 3.46. The molecule has 18 heavy (non-hydrogen) atoms. The highest BCUT2D eigenvalue weighted by atomic mass is 35.5. The topological polar surface area (TPSA) is 45.0 Å². The first-order chi connectivity index (χ1) is 8.58. The lowest BCUT2D eigenvalue weighted by atomic mass is 9.89. The van der Waals surface area contributed by atoms with Gasteiger partial charge in [0.05, 0.1) is 24.1 Å². The molecule has 2 unspecified atom stereocenters. The molecule has 4 heteroatoms. The monoisotopic (exact) mass is 266 g/mol. The molecule has 0 heterocycles. The van der Waals surface area contributed by atoms with E-state index in [4.69, 9.17) is 16.3 Å². The average molecular weight is 267 g/mol. The van der Waals surface area contributed by atoms with Gasteiger partial charge < -0.3 is 10.1 Å². The second-order valence-corrected chi connectivity index (χ2v) is 4.66. The van der Waals surface area contributed by atoms with Gasteiger partial charge >= 0.3 is 0 Å². The van der Waals surface area contributed by atoms with Gasteiger partial charge in [-0.2, -0.15) is 5.26 Å². The maximum atomic E-state index is 9.20. The summed E-state index contributed by atoms with van der Waals surface area (Å²) in [5.74, 6) is 0.593. The Labute approximate surface area is 114 Å². The van der Waals surface area contributed by atoms with Crippen molar-refractivity contribution >= 4 is 11.6 Å². The molecule has 1 aromatic carbocycles. The van der Waals surface area contributed by atoms with Gasteiger partial charge in [-0.3, -0.25) is 0 Å². The van der Waals surface area contributed by atoms with Crippen LogP contribution < -0.4 is 10.1 Å². The van der Waals surface area contributed by atoms with Crippen molar-refractivity contribution in [2.24, 2.45) is 5.92 Å². The van der Waals surface area contributed by atoms with Gasteiger partial charge in [-0.05, 0) is 43.7 Å². The highest BCUT2D eigenvalue weighted by Gasteiger charge is 2.22. The molecule has 1 aromatic rings. The summed E-state index contributed by atoms with van der Waals surface area (Å²) in [5, 5.41) is 13.0. The number of aryl methyl sites for hydroxylation is 1. The molecule has 98 valence electrons. The number of hydrogen-bond donors (Lipinski definition) is 1. The average Bonchev–Trinajstić information content (AvgIpc) is 2.38. The van der Waals surface area contributed by atoms with E-state index in [0.29, 0.717) is 10.8 Å². The normalized spacial score (nSPS) is 13.8. The molecule has 0 aliphatic carbocycles. The minimum absolute atomic E-state index is 0.0107. The number of nitrogens with zero attached hydrogens (tertiary/aromatic N) is 1. The van der Waals surface area contributed by atoms with Gasteiger partial charge in [0.1, 0.15) is 5.75 Å². The number of nitrogens with one attached hydrogen (secondary N) is 1. The van der Waals surface area contributed by atoms with E-state index in [1.54, 1.807) is 7.11 Å². The lowest BCUT2D eigenvalue weighted by Gasteiger charge is -2.23. The molecule has 0 amide bonds. The molecule has 0 radical (unpaired) electrons. The third-order valence-corrected chi connectivity index (χ3v) is 3.49. The van der Waals surface area contributed by atoms with Crippen LogP contribution in [0.1, 0.15) is 30.5 Å². The molecule has 0 spiro atoms. The summed E-state index contributed by atoms with van der Waals surface area (Å²) in [6.45, 7) is 4.02. The first-order valence-corrected chi connectivity index (χ1v) is 6.37.